The van der Waals surface area contributed by atoms with Gasteiger partial charge in [-0.2, -0.15) is 5.10 Å². The summed E-state index contributed by atoms with van der Waals surface area (Å²) in [6, 6.07) is 18.2. The maximum Gasteiger partial charge on any atom is 0.291 e. The van der Waals surface area contributed by atoms with Crippen molar-refractivity contribution in [3.63, 3.8) is 0 Å². The second kappa shape index (κ2) is 7.58. The number of rotatable bonds is 3. The minimum absolute atomic E-state index is 0.0396. The number of hydrogen-bond donors (Lipinski definition) is 0. The van der Waals surface area contributed by atoms with Crippen molar-refractivity contribution in [2.45, 2.75) is 20.4 Å². The maximum absolute atomic E-state index is 13.1. The van der Waals surface area contributed by atoms with Crippen LogP contribution in [0.25, 0.3) is 16.4 Å². The van der Waals surface area contributed by atoms with Crippen molar-refractivity contribution in [3.05, 3.63) is 76.3 Å². The molecule has 158 valence electrons. The highest BCUT2D eigenvalue weighted by Crippen LogP contribution is 2.21. The molecule has 2 aromatic carbocycles. The average molecular weight is 415 g/mol. The molecule has 3 heterocycles. The Hall–Kier alpha value is -3.61. The molecule has 0 saturated carbocycles. The molecule has 0 N–H and O–H groups in total. The Morgan fingerprint density at radius 2 is 1.68 bits per heavy atom. The Morgan fingerprint density at radius 1 is 0.935 bits per heavy atom. The van der Waals surface area contributed by atoms with Gasteiger partial charge in [0.1, 0.15) is 17.9 Å². The molecule has 0 atom stereocenters. The van der Waals surface area contributed by atoms with Gasteiger partial charge in [0.2, 0.25) is 5.91 Å². The van der Waals surface area contributed by atoms with Crippen LogP contribution in [0.3, 0.4) is 0 Å². The summed E-state index contributed by atoms with van der Waals surface area (Å²) in [5, 5.41) is 5.46. The fourth-order valence-electron chi connectivity index (χ4n) is 4.43. The summed E-state index contributed by atoms with van der Waals surface area (Å²) in [7, 11) is 0. The molecule has 0 radical (unpaired) electrons. The highest BCUT2D eigenvalue weighted by atomic mass is 16.2. The van der Waals surface area contributed by atoms with E-state index in [1.807, 2.05) is 59.5 Å². The minimum Gasteiger partial charge on any atom is -0.368 e. The van der Waals surface area contributed by atoms with E-state index in [2.05, 4.69) is 28.2 Å². The molecule has 0 spiro atoms. The molecule has 1 saturated heterocycles. The first-order valence-electron chi connectivity index (χ1n) is 10.6. The zero-order valence-electron chi connectivity index (χ0n) is 17.8. The van der Waals surface area contributed by atoms with Crippen molar-refractivity contribution in [3.8, 4) is 0 Å². The average Bonchev–Trinajstić information content (AvgIpc) is 3.17. The van der Waals surface area contributed by atoms with Crippen LogP contribution in [0.5, 0.6) is 0 Å². The molecule has 0 bridgehead atoms. The van der Waals surface area contributed by atoms with Crippen molar-refractivity contribution < 1.29 is 4.79 Å². The van der Waals surface area contributed by atoms with E-state index in [0.717, 1.165) is 29.6 Å². The minimum atomic E-state index is -0.240. The van der Waals surface area contributed by atoms with Gasteiger partial charge in [-0.3, -0.25) is 14.0 Å². The molecule has 1 aliphatic heterocycles. The second-order valence-corrected chi connectivity index (χ2v) is 8.14. The number of fused-ring (bicyclic) bond motifs is 3. The van der Waals surface area contributed by atoms with Crippen LogP contribution in [-0.4, -0.2) is 51.2 Å². The van der Waals surface area contributed by atoms with Crippen molar-refractivity contribution >= 4 is 28.0 Å². The number of carbonyl (C=O) groups is 1. The Bertz CT molecular complexity index is 1330. The summed E-state index contributed by atoms with van der Waals surface area (Å²) in [6.07, 6.45) is 0. The molecular weight excluding hydrogens is 390 g/mol. The number of nitrogens with zero attached hydrogens (tertiary/aromatic N) is 5. The quantitative estimate of drug-likeness (QED) is 0.516. The highest BCUT2D eigenvalue weighted by Gasteiger charge is 2.23. The number of para-hydroxylation sites is 1. The molecule has 7 heteroatoms. The SMILES string of the molecule is Cc1ccc2c(c1)cc1c(=O)n(CC(=O)N3CCN(c4ccccc4)CC3)nc(C)n12. The molecular formula is C24H25N5O2. The Kier molecular flexibility index (Phi) is 4.73. The van der Waals surface area contributed by atoms with Gasteiger partial charge >= 0.3 is 0 Å². The molecule has 7 nitrogen and oxygen atoms in total. The summed E-state index contributed by atoms with van der Waals surface area (Å²) >= 11 is 0. The summed E-state index contributed by atoms with van der Waals surface area (Å²) in [6.45, 7) is 6.68. The number of anilines is 1. The first-order valence-corrected chi connectivity index (χ1v) is 10.6. The Morgan fingerprint density at radius 3 is 2.42 bits per heavy atom. The van der Waals surface area contributed by atoms with Crippen LogP contribution in [-0.2, 0) is 11.3 Å². The molecule has 4 aromatic rings. The monoisotopic (exact) mass is 415 g/mol. The Balaban J connectivity index is 1.37. The number of aromatic nitrogens is 3. The first-order chi connectivity index (χ1) is 15.0. The second-order valence-electron chi connectivity index (χ2n) is 8.14. The van der Waals surface area contributed by atoms with E-state index in [4.69, 9.17) is 0 Å². The first kappa shape index (κ1) is 19.4. The van der Waals surface area contributed by atoms with Crippen molar-refractivity contribution in [1.82, 2.24) is 19.1 Å². The van der Waals surface area contributed by atoms with E-state index in [0.29, 0.717) is 24.4 Å². The highest BCUT2D eigenvalue weighted by molar-refractivity contribution is 5.87. The number of benzene rings is 2. The Labute approximate surface area is 180 Å². The maximum atomic E-state index is 13.1. The number of hydrogen-bond acceptors (Lipinski definition) is 4. The summed E-state index contributed by atoms with van der Waals surface area (Å²) < 4.78 is 3.18. The van der Waals surface area contributed by atoms with Crippen LogP contribution in [0.2, 0.25) is 0 Å². The molecule has 5 rings (SSSR count). The third-order valence-corrected chi connectivity index (χ3v) is 6.04. The van der Waals surface area contributed by atoms with Gasteiger partial charge in [-0.1, -0.05) is 29.8 Å². The van der Waals surface area contributed by atoms with Crippen LogP contribution >= 0.6 is 0 Å². The predicted octanol–water partition coefficient (Wildman–Crippen LogP) is 2.61. The molecule has 0 unspecified atom stereocenters. The number of aryl methyl sites for hydroxylation is 2. The molecule has 31 heavy (non-hydrogen) atoms. The van der Waals surface area contributed by atoms with Gasteiger partial charge in [0.25, 0.3) is 5.56 Å². The molecule has 2 aromatic heterocycles. The zero-order valence-corrected chi connectivity index (χ0v) is 17.8. The van der Waals surface area contributed by atoms with Gasteiger partial charge in [0.05, 0.1) is 5.52 Å². The third kappa shape index (κ3) is 3.46. The lowest BCUT2D eigenvalue weighted by Gasteiger charge is -2.36. The summed E-state index contributed by atoms with van der Waals surface area (Å²) in [5.74, 6) is 0.619. The fourth-order valence-corrected chi connectivity index (χ4v) is 4.43. The van der Waals surface area contributed by atoms with E-state index < -0.39 is 0 Å². The van der Waals surface area contributed by atoms with Gasteiger partial charge in [-0.05, 0) is 44.2 Å². The van der Waals surface area contributed by atoms with E-state index >= 15 is 0 Å². The van der Waals surface area contributed by atoms with E-state index in [1.54, 1.807) is 0 Å². The molecule has 1 fully saturated rings. The van der Waals surface area contributed by atoms with Crippen LogP contribution in [0.15, 0.2) is 59.4 Å². The largest absolute Gasteiger partial charge is 0.368 e. The molecule has 1 aliphatic rings. The predicted molar refractivity (Wildman–Crippen MR) is 122 cm³/mol. The van der Waals surface area contributed by atoms with Crippen LogP contribution < -0.4 is 10.5 Å². The van der Waals surface area contributed by atoms with Gasteiger partial charge < -0.3 is 9.80 Å². The lowest BCUT2D eigenvalue weighted by Crippen LogP contribution is -2.50. The van der Waals surface area contributed by atoms with E-state index in [-0.39, 0.29) is 18.0 Å². The smallest absolute Gasteiger partial charge is 0.291 e. The van der Waals surface area contributed by atoms with Crippen molar-refractivity contribution in [2.75, 3.05) is 31.1 Å². The molecule has 0 aliphatic carbocycles. The lowest BCUT2D eigenvalue weighted by atomic mass is 10.2. The number of amides is 1. The molecule has 1 amide bonds. The number of piperazine rings is 1. The summed E-state index contributed by atoms with van der Waals surface area (Å²) in [5.41, 5.74) is 3.58. The fraction of sp³-hybridized carbons (Fsp3) is 0.292. The lowest BCUT2D eigenvalue weighted by molar-refractivity contribution is -0.132. The standard InChI is InChI=1S/C24H25N5O2/c1-17-8-9-21-19(14-17)15-22-24(31)28(25-18(2)29(21)22)16-23(30)27-12-10-26(11-13-27)20-6-4-3-5-7-20/h3-9,14-15H,10-13,16H2,1-2H3. The topological polar surface area (TPSA) is 62.9 Å². The van der Waals surface area contributed by atoms with Crippen molar-refractivity contribution in [2.24, 2.45) is 0 Å². The summed E-state index contributed by atoms with van der Waals surface area (Å²) in [4.78, 5) is 30.1. The number of carbonyl (C=O) groups excluding carboxylic acids is 1. The third-order valence-electron chi connectivity index (χ3n) is 6.04. The van der Waals surface area contributed by atoms with Crippen molar-refractivity contribution in [1.29, 1.82) is 0 Å². The van der Waals surface area contributed by atoms with Gasteiger partial charge in [-0.15, -0.1) is 0 Å². The van der Waals surface area contributed by atoms with Crippen LogP contribution in [0.4, 0.5) is 5.69 Å². The van der Waals surface area contributed by atoms with E-state index in [1.165, 1.54) is 10.4 Å². The van der Waals surface area contributed by atoms with Gasteiger partial charge in [0, 0.05) is 37.3 Å². The van der Waals surface area contributed by atoms with Gasteiger partial charge in [0.15, 0.2) is 0 Å². The van der Waals surface area contributed by atoms with E-state index in [9.17, 15) is 9.59 Å². The van der Waals surface area contributed by atoms with Crippen LogP contribution in [0, 0.1) is 13.8 Å². The normalized spacial score (nSPS) is 14.5. The van der Waals surface area contributed by atoms with Crippen LogP contribution in [0.1, 0.15) is 11.4 Å². The van der Waals surface area contributed by atoms with Gasteiger partial charge in [-0.25, -0.2) is 4.68 Å². The zero-order chi connectivity index (χ0) is 21.5.